The van der Waals surface area contributed by atoms with Crippen molar-refractivity contribution in [2.75, 3.05) is 7.05 Å². The van der Waals surface area contributed by atoms with Crippen LogP contribution in [0.2, 0.25) is 0 Å². The van der Waals surface area contributed by atoms with Gasteiger partial charge in [-0.3, -0.25) is 9.59 Å². The van der Waals surface area contributed by atoms with E-state index < -0.39 is 0 Å². The molecule has 0 atom stereocenters. The van der Waals surface area contributed by atoms with Crippen molar-refractivity contribution in [3.05, 3.63) is 71.3 Å². The van der Waals surface area contributed by atoms with Gasteiger partial charge in [0.2, 0.25) is 0 Å². The Morgan fingerprint density at radius 3 is 2.09 bits per heavy atom. The van der Waals surface area contributed by atoms with Crippen LogP contribution in [-0.2, 0) is 6.54 Å². The number of carbonyl (C=O) groups excluding carboxylic acids is 2. The molecule has 0 aliphatic carbocycles. The average molecular weight is 310 g/mol. The summed E-state index contributed by atoms with van der Waals surface area (Å²) in [6, 6.07) is 16.7. The number of hydrogen-bond acceptors (Lipinski definition) is 2. The van der Waals surface area contributed by atoms with Gasteiger partial charge in [-0.15, -0.1) is 0 Å². The Kier molecular flexibility index (Phi) is 5.52. The van der Waals surface area contributed by atoms with Crippen molar-refractivity contribution in [1.82, 2.24) is 10.2 Å². The summed E-state index contributed by atoms with van der Waals surface area (Å²) in [5.41, 5.74) is 2.21. The van der Waals surface area contributed by atoms with Crippen LogP contribution >= 0.6 is 0 Å². The molecule has 0 spiro atoms. The molecule has 2 rings (SSSR count). The Morgan fingerprint density at radius 1 is 0.957 bits per heavy atom. The van der Waals surface area contributed by atoms with E-state index in [0.717, 1.165) is 5.56 Å². The van der Waals surface area contributed by atoms with Crippen LogP contribution in [-0.4, -0.2) is 29.8 Å². The lowest BCUT2D eigenvalue weighted by atomic mass is 10.1. The molecule has 4 heteroatoms. The van der Waals surface area contributed by atoms with Gasteiger partial charge >= 0.3 is 0 Å². The number of hydrogen-bond donors (Lipinski definition) is 1. The summed E-state index contributed by atoms with van der Waals surface area (Å²) in [6.07, 6.45) is 0. The molecule has 0 bridgehead atoms. The van der Waals surface area contributed by atoms with Crippen LogP contribution in [0.5, 0.6) is 0 Å². The zero-order chi connectivity index (χ0) is 16.8. The smallest absolute Gasteiger partial charge is 0.253 e. The highest BCUT2D eigenvalue weighted by molar-refractivity contribution is 5.97. The molecule has 0 saturated heterocycles. The highest BCUT2D eigenvalue weighted by atomic mass is 16.2. The lowest BCUT2D eigenvalue weighted by Gasteiger charge is -2.17. The van der Waals surface area contributed by atoms with Crippen molar-refractivity contribution >= 4 is 11.8 Å². The highest BCUT2D eigenvalue weighted by Crippen LogP contribution is 2.10. The Labute approximate surface area is 137 Å². The van der Waals surface area contributed by atoms with Crippen LogP contribution in [0.25, 0.3) is 0 Å². The number of rotatable bonds is 5. The minimum Gasteiger partial charge on any atom is -0.350 e. The fourth-order valence-electron chi connectivity index (χ4n) is 2.26. The first-order valence-corrected chi connectivity index (χ1v) is 7.67. The number of benzene rings is 2. The first-order chi connectivity index (χ1) is 11.0. The van der Waals surface area contributed by atoms with E-state index in [1.807, 2.05) is 44.2 Å². The summed E-state index contributed by atoms with van der Waals surface area (Å²) < 4.78 is 0. The Balaban J connectivity index is 2.03. The maximum atomic E-state index is 12.4. The third-order valence-electron chi connectivity index (χ3n) is 3.42. The highest BCUT2D eigenvalue weighted by Gasteiger charge is 2.13. The number of carbonyl (C=O) groups is 2. The minimum atomic E-state index is -0.128. The first kappa shape index (κ1) is 16.7. The molecule has 0 fully saturated rings. The Bertz CT molecular complexity index is 664. The van der Waals surface area contributed by atoms with Crippen molar-refractivity contribution < 1.29 is 9.59 Å². The average Bonchev–Trinajstić information content (AvgIpc) is 2.54. The molecule has 1 N–H and O–H groups in total. The predicted molar refractivity (Wildman–Crippen MR) is 91.3 cm³/mol. The summed E-state index contributed by atoms with van der Waals surface area (Å²) in [4.78, 5) is 26.0. The predicted octanol–water partition coefficient (Wildman–Crippen LogP) is 3.10. The summed E-state index contributed by atoms with van der Waals surface area (Å²) in [5, 5.41) is 2.83. The molecule has 2 aromatic rings. The van der Waals surface area contributed by atoms with Crippen molar-refractivity contribution in [3.63, 3.8) is 0 Å². The van der Waals surface area contributed by atoms with E-state index in [-0.39, 0.29) is 17.9 Å². The number of nitrogens with one attached hydrogen (secondary N) is 1. The minimum absolute atomic E-state index is 0.0651. The maximum Gasteiger partial charge on any atom is 0.253 e. The first-order valence-electron chi connectivity index (χ1n) is 7.67. The normalized spacial score (nSPS) is 10.4. The van der Waals surface area contributed by atoms with Crippen LogP contribution in [0.1, 0.15) is 40.1 Å². The molecular weight excluding hydrogens is 288 g/mol. The molecule has 2 amide bonds. The maximum absolute atomic E-state index is 12.4. The molecule has 0 radical (unpaired) electrons. The zero-order valence-electron chi connectivity index (χ0n) is 13.7. The third kappa shape index (κ3) is 4.68. The van der Waals surface area contributed by atoms with E-state index in [1.54, 1.807) is 36.2 Å². The lowest BCUT2D eigenvalue weighted by Crippen LogP contribution is -2.30. The molecule has 0 aliphatic rings. The van der Waals surface area contributed by atoms with E-state index in [0.29, 0.717) is 17.7 Å². The zero-order valence-corrected chi connectivity index (χ0v) is 13.7. The van der Waals surface area contributed by atoms with E-state index in [9.17, 15) is 9.59 Å². The van der Waals surface area contributed by atoms with E-state index in [2.05, 4.69) is 5.32 Å². The standard InChI is InChI=1S/C19H22N2O2/c1-14(2)20-18(22)16-9-11-17(12-10-16)19(23)21(3)13-15-7-5-4-6-8-15/h4-12,14H,13H2,1-3H3,(H,20,22). The molecule has 0 saturated carbocycles. The van der Waals surface area contributed by atoms with Crippen molar-refractivity contribution in [2.24, 2.45) is 0 Å². The van der Waals surface area contributed by atoms with Gasteiger partial charge in [-0.05, 0) is 43.7 Å². The quantitative estimate of drug-likeness (QED) is 0.922. The van der Waals surface area contributed by atoms with Gasteiger partial charge in [-0.25, -0.2) is 0 Å². The monoisotopic (exact) mass is 310 g/mol. The number of nitrogens with zero attached hydrogens (tertiary/aromatic N) is 1. The van der Waals surface area contributed by atoms with E-state index in [1.165, 1.54) is 0 Å². The molecule has 2 aromatic carbocycles. The SMILES string of the molecule is CC(C)NC(=O)c1ccc(C(=O)N(C)Cc2ccccc2)cc1. The summed E-state index contributed by atoms with van der Waals surface area (Å²) in [6.45, 7) is 4.37. The van der Waals surface area contributed by atoms with Gasteiger partial charge in [0.1, 0.15) is 0 Å². The van der Waals surface area contributed by atoms with Crippen LogP contribution < -0.4 is 5.32 Å². The van der Waals surface area contributed by atoms with Crippen LogP contribution in [0.4, 0.5) is 0 Å². The topological polar surface area (TPSA) is 49.4 Å². The summed E-state index contributed by atoms with van der Waals surface area (Å²) in [5.74, 6) is -0.193. The summed E-state index contributed by atoms with van der Waals surface area (Å²) in [7, 11) is 1.77. The molecule has 4 nitrogen and oxygen atoms in total. The summed E-state index contributed by atoms with van der Waals surface area (Å²) >= 11 is 0. The molecule has 0 aliphatic heterocycles. The van der Waals surface area contributed by atoms with Crippen LogP contribution in [0, 0.1) is 0 Å². The Morgan fingerprint density at radius 2 is 1.52 bits per heavy atom. The number of amides is 2. The molecule has 23 heavy (non-hydrogen) atoms. The van der Waals surface area contributed by atoms with Crippen LogP contribution in [0.15, 0.2) is 54.6 Å². The second kappa shape index (κ2) is 7.58. The Hall–Kier alpha value is -2.62. The lowest BCUT2D eigenvalue weighted by molar-refractivity contribution is 0.0784. The van der Waals surface area contributed by atoms with Gasteiger partial charge in [-0.1, -0.05) is 30.3 Å². The molecule has 0 aromatic heterocycles. The molecule has 0 heterocycles. The van der Waals surface area contributed by atoms with Crippen molar-refractivity contribution in [1.29, 1.82) is 0 Å². The fraction of sp³-hybridized carbons (Fsp3) is 0.263. The second-order valence-corrected chi connectivity index (χ2v) is 5.85. The van der Waals surface area contributed by atoms with Gasteiger partial charge in [0, 0.05) is 30.8 Å². The second-order valence-electron chi connectivity index (χ2n) is 5.85. The largest absolute Gasteiger partial charge is 0.350 e. The van der Waals surface area contributed by atoms with Crippen molar-refractivity contribution in [3.8, 4) is 0 Å². The van der Waals surface area contributed by atoms with E-state index in [4.69, 9.17) is 0 Å². The van der Waals surface area contributed by atoms with Gasteiger partial charge < -0.3 is 10.2 Å². The molecule has 120 valence electrons. The van der Waals surface area contributed by atoms with Gasteiger partial charge in [0.25, 0.3) is 11.8 Å². The van der Waals surface area contributed by atoms with Gasteiger partial charge in [-0.2, -0.15) is 0 Å². The fourth-order valence-corrected chi connectivity index (χ4v) is 2.26. The molecule has 0 unspecified atom stereocenters. The van der Waals surface area contributed by atoms with Gasteiger partial charge in [0.05, 0.1) is 0 Å². The van der Waals surface area contributed by atoms with Gasteiger partial charge in [0.15, 0.2) is 0 Å². The van der Waals surface area contributed by atoms with E-state index >= 15 is 0 Å². The van der Waals surface area contributed by atoms with Crippen LogP contribution in [0.3, 0.4) is 0 Å². The third-order valence-corrected chi connectivity index (χ3v) is 3.42. The molecular formula is C19H22N2O2. The van der Waals surface area contributed by atoms with Crippen molar-refractivity contribution in [2.45, 2.75) is 26.4 Å².